The summed E-state index contributed by atoms with van der Waals surface area (Å²) in [5.74, 6) is 0.389. The Morgan fingerprint density at radius 2 is 2.08 bits per heavy atom. The van der Waals surface area contributed by atoms with Crippen molar-refractivity contribution in [2.24, 2.45) is 5.92 Å². The maximum Gasteiger partial charge on any atom is 0.422 e. The molecule has 0 spiro atoms. The van der Waals surface area contributed by atoms with Gasteiger partial charge in [0.15, 0.2) is 6.61 Å². The van der Waals surface area contributed by atoms with Crippen molar-refractivity contribution < 1.29 is 27.4 Å². The van der Waals surface area contributed by atoms with Crippen LogP contribution in [-0.2, 0) is 16.1 Å². The van der Waals surface area contributed by atoms with Gasteiger partial charge < -0.3 is 9.47 Å². The summed E-state index contributed by atoms with van der Waals surface area (Å²) < 4.78 is 46.3. The fraction of sp³-hybridized carbons (Fsp3) is 0.611. The van der Waals surface area contributed by atoms with Crippen LogP contribution >= 0.6 is 0 Å². The maximum atomic E-state index is 12.2. The number of carbonyl (C=O) groups excluding carboxylic acids is 1. The monoisotopic (exact) mass is 359 g/mol. The fourth-order valence-corrected chi connectivity index (χ4v) is 3.06. The summed E-state index contributed by atoms with van der Waals surface area (Å²) in [6, 6.07) is 6.78. The number of carbonyl (C=O) groups is 1. The topological polar surface area (TPSA) is 38.8 Å². The van der Waals surface area contributed by atoms with Crippen LogP contribution in [-0.4, -0.2) is 43.9 Å². The molecule has 1 aliphatic heterocycles. The van der Waals surface area contributed by atoms with E-state index >= 15 is 0 Å². The third kappa shape index (κ3) is 7.34. The lowest BCUT2D eigenvalue weighted by atomic mass is 9.97. The van der Waals surface area contributed by atoms with Gasteiger partial charge in [-0.3, -0.25) is 9.69 Å². The van der Waals surface area contributed by atoms with E-state index in [2.05, 4.69) is 4.90 Å². The summed E-state index contributed by atoms with van der Waals surface area (Å²) in [5.41, 5.74) is 0.922. The van der Waals surface area contributed by atoms with Crippen LogP contribution in [0.5, 0.6) is 5.75 Å². The molecule has 2 rings (SSSR count). The van der Waals surface area contributed by atoms with Crippen molar-refractivity contribution >= 4 is 5.97 Å². The van der Waals surface area contributed by atoms with E-state index in [0.29, 0.717) is 18.9 Å². The van der Waals surface area contributed by atoms with Gasteiger partial charge in [-0.05, 0) is 56.0 Å². The number of rotatable bonds is 6. The molecule has 4 nitrogen and oxygen atoms in total. The Bertz CT molecular complexity index is 563. The zero-order valence-electron chi connectivity index (χ0n) is 14.3. The molecule has 0 aliphatic carbocycles. The number of methoxy groups -OCH3 is 1. The molecule has 140 valence electrons. The number of hydrogen-bond acceptors (Lipinski definition) is 4. The van der Waals surface area contributed by atoms with Crippen molar-refractivity contribution in [1.82, 2.24) is 4.90 Å². The third-order valence-corrected chi connectivity index (χ3v) is 4.33. The van der Waals surface area contributed by atoms with Crippen LogP contribution in [0.1, 0.15) is 31.2 Å². The largest absolute Gasteiger partial charge is 0.484 e. The maximum absolute atomic E-state index is 12.2. The van der Waals surface area contributed by atoms with E-state index in [1.54, 1.807) is 12.1 Å². The van der Waals surface area contributed by atoms with E-state index in [4.69, 9.17) is 9.47 Å². The molecule has 0 N–H and O–H groups in total. The average molecular weight is 359 g/mol. The lowest BCUT2D eigenvalue weighted by molar-refractivity contribution is -0.153. The third-order valence-electron chi connectivity index (χ3n) is 4.33. The Labute approximate surface area is 145 Å². The van der Waals surface area contributed by atoms with Crippen molar-refractivity contribution in [1.29, 1.82) is 0 Å². The number of hydrogen-bond donors (Lipinski definition) is 0. The lowest BCUT2D eigenvalue weighted by Crippen LogP contribution is -2.24. The second-order valence-corrected chi connectivity index (χ2v) is 6.40. The Hall–Kier alpha value is -1.76. The van der Waals surface area contributed by atoms with E-state index in [1.807, 2.05) is 6.07 Å². The molecule has 0 radical (unpaired) electrons. The van der Waals surface area contributed by atoms with Gasteiger partial charge in [-0.1, -0.05) is 12.1 Å². The quantitative estimate of drug-likeness (QED) is 0.725. The van der Waals surface area contributed by atoms with Crippen LogP contribution in [0.4, 0.5) is 13.2 Å². The summed E-state index contributed by atoms with van der Waals surface area (Å²) in [4.78, 5) is 13.7. The Morgan fingerprint density at radius 3 is 2.80 bits per heavy atom. The van der Waals surface area contributed by atoms with E-state index in [0.717, 1.165) is 37.9 Å². The predicted molar refractivity (Wildman–Crippen MR) is 87.2 cm³/mol. The highest BCUT2D eigenvalue weighted by atomic mass is 19.4. The number of benzene rings is 1. The number of likely N-dealkylation sites (tertiary alicyclic amines) is 1. The SMILES string of the molecule is COC(=O)CC1CCCN(Cc2cccc(OCC(F)(F)F)c2)CC1. The predicted octanol–water partition coefficient (Wildman–Crippen LogP) is 3.79. The van der Waals surface area contributed by atoms with Crippen LogP contribution < -0.4 is 4.74 Å². The molecule has 1 aromatic rings. The molecule has 1 fully saturated rings. The van der Waals surface area contributed by atoms with Gasteiger partial charge in [0.05, 0.1) is 7.11 Å². The first-order chi connectivity index (χ1) is 11.9. The van der Waals surface area contributed by atoms with E-state index < -0.39 is 12.8 Å². The molecule has 1 saturated heterocycles. The van der Waals surface area contributed by atoms with Gasteiger partial charge in [0.1, 0.15) is 5.75 Å². The van der Waals surface area contributed by atoms with E-state index in [-0.39, 0.29) is 11.7 Å². The average Bonchev–Trinajstić information content (AvgIpc) is 2.78. The number of ether oxygens (including phenoxy) is 2. The second-order valence-electron chi connectivity index (χ2n) is 6.40. The van der Waals surface area contributed by atoms with Crippen LogP contribution in [0, 0.1) is 5.92 Å². The van der Waals surface area contributed by atoms with Gasteiger partial charge in [0, 0.05) is 13.0 Å². The Morgan fingerprint density at radius 1 is 1.28 bits per heavy atom. The van der Waals surface area contributed by atoms with Crippen LogP contribution in [0.2, 0.25) is 0 Å². The van der Waals surface area contributed by atoms with Crippen molar-refractivity contribution in [3.63, 3.8) is 0 Å². The Kier molecular flexibility index (Phi) is 7.11. The summed E-state index contributed by atoms with van der Waals surface area (Å²) in [6.07, 6.45) is -0.994. The minimum atomic E-state index is -4.34. The molecule has 1 heterocycles. The molecule has 0 bridgehead atoms. The highest BCUT2D eigenvalue weighted by molar-refractivity contribution is 5.69. The highest BCUT2D eigenvalue weighted by Crippen LogP contribution is 2.24. The number of esters is 1. The minimum Gasteiger partial charge on any atom is -0.484 e. The number of alkyl halides is 3. The zero-order chi connectivity index (χ0) is 18.3. The smallest absolute Gasteiger partial charge is 0.422 e. The summed E-state index contributed by atoms with van der Waals surface area (Å²) >= 11 is 0. The van der Waals surface area contributed by atoms with Gasteiger partial charge in [-0.25, -0.2) is 0 Å². The van der Waals surface area contributed by atoms with Crippen LogP contribution in [0.3, 0.4) is 0 Å². The highest BCUT2D eigenvalue weighted by Gasteiger charge is 2.28. The van der Waals surface area contributed by atoms with E-state index in [9.17, 15) is 18.0 Å². The summed E-state index contributed by atoms with van der Waals surface area (Å²) in [5, 5.41) is 0. The van der Waals surface area contributed by atoms with Crippen molar-refractivity contribution in [2.45, 2.75) is 38.4 Å². The summed E-state index contributed by atoms with van der Waals surface area (Å²) in [7, 11) is 1.40. The second kappa shape index (κ2) is 9.08. The molecule has 25 heavy (non-hydrogen) atoms. The molecule has 1 atom stereocenters. The number of halogens is 3. The van der Waals surface area contributed by atoms with Gasteiger partial charge >= 0.3 is 12.1 Å². The molecule has 0 amide bonds. The van der Waals surface area contributed by atoms with Crippen molar-refractivity contribution in [3.8, 4) is 5.75 Å². The minimum absolute atomic E-state index is 0.173. The normalized spacial score (nSPS) is 19.3. The van der Waals surface area contributed by atoms with E-state index in [1.165, 1.54) is 13.2 Å². The van der Waals surface area contributed by atoms with Crippen LogP contribution in [0.15, 0.2) is 24.3 Å². The molecule has 7 heteroatoms. The zero-order valence-corrected chi connectivity index (χ0v) is 14.3. The molecule has 0 aromatic heterocycles. The lowest BCUT2D eigenvalue weighted by Gasteiger charge is -2.20. The molecule has 0 saturated carbocycles. The first-order valence-corrected chi connectivity index (χ1v) is 8.43. The molecular formula is C18H24F3NO3. The van der Waals surface area contributed by atoms with Gasteiger partial charge in [-0.15, -0.1) is 0 Å². The molecular weight excluding hydrogens is 335 g/mol. The first-order valence-electron chi connectivity index (χ1n) is 8.43. The molecule has 1 aromatic carbocycles. The van der Waals surface area contributed by atoms with Crippen LogP contribution in [0.25, 0.3) is 0 Å². The molecule has 1 aliphatic rings. The Balaban J connectivity index is 1.86. The van der Waals surface area contributed by atoms with Gasteiger partial charge in [0.25, 0.3) is 0 Å². The summed E-state index contributed by atoms with van der Waals surface area (Å²) in [6.45, 7) is 1.14. The van der Waals surface area contributed by atoms with Gasteiger partial charge in [-0.2, -0.15) is 13.2 Å². The van der Waals surface area contributed by atoms with Crippen molar-refractivity contribution in [2.75, 3.05) is 26.8 Å². The molecule has 1 unspecified atom stereocenters. The van der Waals surface area contributed by atoms with Crippen molar-refractivity contribution in [3.05, 3.63) is 29.8 Å². The van der Waals surface area contributed by atoms with Gasteiger partial charge in [0.2, 0.25) is 0 Å². The number of nitrogens with zero attached hydrogens (tertiary/aromatic N) is 1. The first kappa shape index (κ1) is 19.6. The standard InChI is InChI=1S/C18H24F3NO3/c1-24-17(23)11-14-5-3-8-22(9-7-14)12-15-4-2-6-16(10-15)25-13-18(19,20)21/h2,4,6,10,14H,3,5,7-9,11-13H2,1H3. The fourth-order valence-electron chi connectivity index (χ4n) is 3.06.